The fourth-order valence-electron chi connectivity index (χ4n) is 1.72. The van der Waals surface area contributed by atoms with Crippen LogP contribution in [-0.2, 0) is 0 Å². The second-order valence-electron chi connectivity index (χ2n) is 4.10. The van der Waals surface area contributed by atoms with Crippen molar-refractivity contribution in [3.63, 3.8) is 0 Å². The van der Waals surface area contributed by atoms with E-state index in [2.05, 4.69) is 26.2 Å². The first kappa shape index (κ1) is 14.7. The Bertz CT molecular complexity index is 697. The van der Waals surface area contributed by atoms with E-state index >= 15 is 0 Å². The lowest BCUT2D eigenvalue weighted by molar-refractivity contribution is 0.0698. The number of amides is 1. The van der Waals surface area contributed by atoms with Crippen molar-refractivity contribution >= 4 is 44.8 Å². The molecule has 0 aliphatic heterocycles. The van der Waals surface area contributed by atoms with Crippen molar-refractivity contribution in [1.82, 2.24) is 4.98 Å². The van der Waals surface area contributed by atoms with Crippen LogP contribution in [0.1, 0.15) is 30.7 Å². The molecule has 0 spiro atoms. The highest BCUT2D eigenvalue weighted by molar-refractivity contribution is 9.10. The molecule has 2 N–H and O–H groups in total. The molecule has 0 saturated carbocycles. The second-order valence-corrected chi connectivity index (χ2v) is 6.22. The summed E-state index contributed by atoms with van der Waals surface area (Å²) in [4.78, 5) is 28.0. The topological polar surface area (TPSA) is 79.3 Å². The minimum Gasteiger partial charge on any atom is -0.478 e. The molecule has 20 heavy (non-hydrogen) atoms. The Morgan fingerprint density at radius 3 is 2.60 bits per heavy atom. The predicted octanol–water partition coefficient (Wildman–Crippen LogP) is 3.47. The molecule has 7 heteroatoms. The summed E-state index contributed by atoms with van der Waals surface area (Å²) >= 11 is 4.49. The zero-order valence-electron chi connectivity index (χ0n) is 10.7. The molecule has 5 nitrogen and oxygen atoms in total. The molecule has 0 aliphatic carbocycles. The number of thiazole rings is 1. The summed E-state index contributed by atoms with van der Waals surface area (Å²) in [5.41, 5.74) is 0.932. The number of carbonyl (C=O) groups excluding carboxylic acids is 1. The van der Waals surface area contributed by atoms with Gasteiger partial charge in [0.15, 0.2) is 0 Å². The number of aryl methyl sites for hydroxylation is 2. The number of nitrogens with zero attached hydrogens (tertiary/aromatic N) is 1. The lowest BCUT2D eigenvalue weighted by Gasteiger charge is -2.08. The van der Waals surface area contributed by atoms with Crippen LogP contribution in [0.3, 0.4) is 0 Å². The van der Waals surface area contributed by atoms with Gasteiger partial charge in [-0.15, -0.1) is 11.3 Å². The smallest absolute Gasteiger partial charge is 0.337 e. The van der Waals surface area contributed by atoms with Crippen LogP contribution in [0.25, 0.3) is 0 Å². The number of hydrogen-bond donors (Lipinski definition) is 2. The molecule has 1 amide bonds. The van der Waals surface area contributed by atoms with Gasteiger partial charge < -0.3 is 10.4 Å². The number of carbonyl (C=O) groups is 2. The van der Waals surface area contributed by atoms with E-state index in [-0.39, 0.29) is 17.2 Å². The van der Waals surface area contributed by atoms with E-state index in [1.165, 1.54) is 17.4 Å². The van der Waals surface area contributed by atoms with Crippen molar-refractivity contribution in [3.8, 4) is 0 Å². The van der Waals surface area contributed by atoms with Crippen LogP contribution in [0.5, 0.6) is 0 Å². The van der Waals surface area contributed by atoms with Gasteiger partial charge in [-0.1, -0.05) is 15.9 Å². The van der Waals surface area contributed by atoms with Crippen molar-refractivity contribution < 1.29 is 14.7 Å². The maximum Gasteiger partial charge on any atom is 0.337 e. The molecule has 1 heterocycles. The van der Waals surface area contributed by atoms with Crippen LogP contribution in [0.4, 0.5) is 5.69 Å². The highest BCUT2D eigenvalue weighted by Crippen LogP contribution is 2.24. The van der Waals surface area contributed by atoms with Gasteiger partial charge >= 0.3 is 5.97 Å². The highest BCUT2D eigenvalue weighted by atomic mass is 79.9. The Hall–Kier alpha value is -1.73. The van der Waals surface area contributed by atoms with Crippen molar-refractivity contribution in [1.29, 1.82) is 0 Å². The third-order valence-corrected chi connectivity index (χ3v) is 4.13. The summed E-state index contributed by atoms with van der Waals surface area (Å²) in [5, 5.41) is 12.6. The van der Waals surface area contributed by atoms with Crippen molar-refractivity contribution in [2.75, 3.05) is 5.32 Å². The zero-order chi connectivity index (χ0) is 14.9. The van der Waals surface area contributed by atoms with Gasteiger partial charge in [0, 0.05) is 4.47 Å². The molecule has 2 aromatic rings. The largest absolute Gasteiger partial charge is 0.478 e. The average molecular weight is 355 g/mol. The quantitative estimate of drug-likeness (QED) is 0.884. The SMILES string of the molecule is Cc1nc(C)c(C(=O)Nc2ccc(Br)cc2C(=O)O)s1. The summed E-state index contributed by atoms with van der Waals surface area (Å²) in [6, 6.07) is 4.67. The van der Waals surface area contributed by atoms with E-state index in [4.69, 9.17) is 5.11 Å². The molecule has 0 unspecified atom stereocenters. The number of benzene rings is 1. The number of halogens is 1. The van der Waals surface area contributed by atoms with E-state index in [9.17, 15) is 9.59 Å². The first-order valence-electron chi connectivity index (χ1n) is 5.66. The lowest BCUT2D eigenvalue weighted by Crippen LogP contribution is -2.14. The lowest BCUT2D eigenvalue weighted by atomic mass is 10.2. The van der Waals surface area contributed by atoms with Crippen LogP contribution >= 0.6 is 27.3 Å². The van der Waals surface area contributed by atoms with Crippen LogP contribution in [0.15, 0.2) is 22.7 Å². The van der Waals surface area contributed by atoms with E-state index in [0.29, 0.717) is 15.0 Å². The third-order valence-electron chi connectivity index (χ3n) is 2.57. The Balaban J connectivity index is 2.33. The van der Waals surface area contributed by atoms with Gasteiger partial charge in [-0.3, -0.25) is 4.79 Å². The van der Waals surface area contributed by atoms with E-state index in [1.54, 1.807) is 19.1 Å². The summed E-state index contributed by atoms with van der Waals surface area (Å²) in [6.45, 7) is 3.56. The number of anilines is 1. The fourth-order valence-corrected chi connectivity index (χ4v) is 2.90. The number of carboxylic acids is 1. The molecule has 0 fully saturated rings. The van der Waals surface area contributed by atoms with Crippen LogP contribution < -0.4 is 5.32 Å². The number of hydrogen-bond acceptors (Lipinski definition) is 4. The molecule has 0 radical (unpaired) electrons. The molecule has 0 atom stereocenters. The second kappa shape index (κ2) is 5.72. The van der Waals surface area contributed by atoms with Gasteiger partial charge in [-0.25, -0.2) is 9.78 Å². The van der Waals surface area contributed by atoms with Gasteiger partial charge in [-0.2, -0.15) is 0 Å². The van der Waals surface area contributed by atoms with Gasteiger partial charge in [0.25, 0.3) is 5.91 Å². The van der Waals surface area contributed by atoms with E-state index < -0.39 is 5.97 Å². The van der Waals surface area contributed by atoms with Gasteiger partial charge in [-0.05, 0) is 32.0 Å². The monoisotopic (exact) mass is 354 g/mol. The summed E-state index contributed by atoms with van der Waals surface area (Å²) in [6.07, 6.45) is 0. The van der Waals surface area contributed by atoms with Crippen molar-refractivity contribution in [2.24, 2.45) is 0 Å². The molecule has 1 aromatic carbocycles. The predicted molar refractivity (Wildman–Crippen MR) is 80.6 cm³/mol. The molecular formula is C13H11BrN2O3S. The minimum atomic E-state index is -1.10. The molecule has 2 rings (SSSR count). The van der Waals surface area contributed by atoms with Gasteiger partial charge in [0.05, 0.1) is 22.0 Å². The van der Waals surface area contributed by atoms with E-state index in [0.717, 1.165) is 5.01 Å². The number of rotatable bonds is 3. The molecule has 1 aromatic heterocycles. The first-order valence-corrected chi connectivity index (χ1v) is 7.27. The summed E-state index contributed by atoms with van der Waals surface area (Å²) in [5.74, 6) is -1.45. The molecular weight excluding hydrogens is 344 g/mol. The van der Waals surface area contributed by atoms with Crippen LogP contribution in [-0.4, -0.2) is 22.0 Å². The maximum absolute atomic E-state index is 12.2. The number of carboxylic acid groups (broad SMARTS) is 1. The van der Waals surface area contributed by atoms with Gasteiger partial charge in [0.1, 0.15) is 4.88 Å². The standard InChI is InChI=1S/C13H11BrN2O3S/c1-6-11(20-7(2)15-6)12(17)16-10-4-3-8(14)5-9(10)13(18)19/h3-5H,1-2H3,(H,16,17)(H,18,19). The Morgan fingerprint density at radius 2 is 2.05 bits per heavy atom. The Morgan fingerprint density at radius 1 is 1.35 bits per heavy atom. The summed E-state index contributed by atoms with van der Waals surface area (Å²) in [7, 11) is 0. The van der Waals surface area contributed by atoms with Crippen molar-refractivity contribution in [2.45, 2.75) is 13.8 Å². The average Bonchev–Trinajstić information content (AvgIpc) is 2.70. The van der Waals surface area contributed by atoms with Crippen LogP contribution in [0.2, 0.25) is 0 Å². The Kier molecular flexibility index (Phi) is 4.20. The molecule has 0 bridgehead atoms. The Labute approximate surface area is 127 Å². The van der Waals surface area contributed by atoms with Crippen molar-refractivity contribution in [3.05, 3.63) is 43.8 Å². The fraction of sp³-hybridized carbons (Fsp3) is 0.154. The molecule has 0 aliphatic rings. The van der Waals surface area contributed by atoms with E-state index in [1.807, 2.05) is 6.92 Å². The van der Waals surface area contributed by atoms with Gasteiger partial charge in [0.2, 0.25) is 0 Å². The number of aromatic nitrogens is 1. The third kappa shape index (κ3) is 3.05. The molecule has 0 saturated heterocycles. The zero-order valence-corrected chi connectivity index (χ0v) is 13.1. The molecule has 104 valence electrons. The number of nitrogens with one attached hydrogen (secondary N) is 1. The summed E-state index contributed by atoms with van der Waals surface area (Å²) < 4.78 is 0.637. The number of aromatic carboxylic acids is 1. The first-order chi connectivity index (χ1) is 9.38. The normalized spacial score (nSPS) is 10.3. The van der Waals surface area contributed by atoms with Crippen LogP contribution in [0, 0.1) is 13.8 Å². The minimum absolute atomic E-state index is 0.0339. The highest BCUT2D eigenvalue weighted by Gasteiger charge is 2.17. The maximum atomic E-state index is 12.2.